The Kier molecular flexibility index (Phi) is 3.04. The van der Waals surface area contributed by atoms with Crippen LogP contribution in [0.2, 0.25) is 0 Å². The van der Waals surface area contributed by atoms with E-state index in [1.807, 2.05) is 0 Å². The molecule has 0 fully saturated rings. The van der Waals surface area contributed by atoms with E-state index in [2.05, 4.69) is 9.78 Å². The van der Waals surface area contributed by atoms with Gasteiger partial charge in [0.05, 0.1) is 0 Å². The fourth-order valence-corrected chi connectivity index (χ4v) is 0.191. The van der Waals surface area contributed by atoms with Crippen molar-refractivity contribution in [3.05, 3.63) is 5.53 Å². The minimum atomic E-state index is 0.384. The largest absolute Gasteiger partial charge is 0.361 e. The van der Waals surface area contributed by atoms with E-state index in [9.17, 15) is 0 Å². The summed E-state index contributed by atoms with van der Waals surface area (Å²) in [5, 5.41) is 7.88. The third-order valence-electron chi connectivity index (χ3n) is 0.471. The Morgan fingerprint density at radius 2 is 2.62 bits per heavy atom. The Morgan fingerprint density at radius 1 is 2.00 bits per heavy atom. The van der Waals surface area contributed by atoms with Gasteiger partial charge in [-0.25, -0.2) is 0 Å². The maximum atomic E-state index is 7.88. The molecule has 0 aliphatic carbocycles. The zero-order valence-corrected chi connectivity index (χ0v) is 4.37. The van der Waals surface area contributed by atoms with Gasteiger partial charge >= 0.3 is 6.21 Å². The molecule has 4 nitrogen and oxygen atoms in total. The van der Waals surface area contributed by atoms with Gasteiger partial charge in [-0.3, -0.25) is 0 Å². The highest BCUT2D eigenvalue weighted by Crippen LogP contribution is 1.65. The van der Waals surface area contributed by atoms with Crippen molar-refractivity contribution < 1.29 is 4.79 Å². The van der Waals surface area contributed by atoms with Gasteiger partial charge in [0.1, 0.15) is 5.71 Å². The van der Waals surface area contributed by atoms with Gasteiger partial charge in [-0.15, -0.1) is 0 Å². The average Bonchev–Trinajstić information content (AvgIpc) is 1.68. The van der Waals surface area contributed by atoms with Crippen molar-refractivity contribution in [1.82, 2.24) is 0 Å². The van der Waals surface area contributed by atoms with E-state index in [1.165, 1.54) is 6.19 Å². The molecule has 0 spiro atoms. The quantitative estimate of drug-likeness (QED) is 0.205. The molecule has 0 rings (SSSR count). The molecular formula is C4H4N4. The molecule has 0 bridgehead atoms. The molecule has 0 heterocycles. The van der Waals surface area contributed by atoms with Crippen LogP contribution in [0.1, 0.15) is 6.92 Å². The first-order chi connectivity index (χ1) is 3.81. The van der Waals surface area contributed by atoms with Gasteiger partial charge < -0.3 is 5.53 Å². The van der Waals surface area contributed by atoms with E-state index >= 15 is 0 Å². The molecule has 0 unspecified atom stereocenters. The highest BCUT2D eigenvalue weighted by Gasteiger charge is 1.84. The third kappa shape index (κ3) is 2.76. The summed E-state index contributed by atoms with van der Waals surface area (Å²) in [4.78, 5) is 5.87. The summed E-state index contributed by atoms with van der Waals surface area (Å²) in [6.45, 7) is 1.56. The minimum Gasteiger partial charge on any atom is -0.361 e. The van der Waals surface area contributed by atoms with Crippen molar-refractivity contribution in [3.63, 3.8) is 0 Å². The molecule has 8 heavy (non-hydrogen) atoms. The summed E-state index contributed by atoms with van der Waals surface area (Å²) in [5.74, 6) is 0. The minimum absolute atomic E-state index is 0.384. The number of rotatable bonds is 1. The fourth-order valence-electron chi connectivity index (χ4n) is 0.191. The highest BCUT2D eigenvalue weighted by molar-refractivity contribution is 6.27. The lowest BCUT2D eigenvalue weighted by Gasteiger charge is -1.68. The Balaban J connectivity index is 4.06. The predicted molar refractivity (Wildman–Crippen MR) is 28.4 cm³/mol. The van der Waals surface area contributed by atoms with Crippen molar-refractivity contribution in [2.45, 2.75) is 6.92 Å². The monoisotopic (exact) mass is 108 g/mol. The van der Waals surface area contributed by atoms with Crippen molar-refractivity contribution >= 4 is 11.9 Å². The molecule has 0 saturated heterocycles. The van der Waals surface area contributed by atoms with E-state index in [0.29, 0.717) is 5.71 Å². The van der Waals surface area contributed by atoms with Gasteiger partial charge in [0, 0.05) is 0 Å². The molecule has 0 N–H and O–H groups in total. The van der Waals surface area contributed by atoms with Crippen LogP contribution in [0.5, 0.6) is 0 Å². The first-order valence-corrected chi connectivity index (χ1v) is 1.92. The van der Waals surface area contributed by atoms with Crippen LogP contribution in [0.4, 0.5) is 0 Å². The van der Waals surface area contributed by atoms with Crippen LogP contribution in [0.3, 0.4) is 0 Å². The zero-order valence-electron chi connectivity index (χ0n) is 4.37. The second-order valence-electron chi connectivity index (χ2n) is 1.10. The molecule has 0 aliphatic heterocycles. The molecule has 0 radical (unpaired) electrons. The van der Waals surface area contributed by atoms with Gasteiger partial charge in [0.2, 0.25) is 6.19 Å². The van der Waals surface area contributed by atoms with E-state index in [0.717, 1.165) is 6.21 Å². The molecule has 0 saturated carbocycles. The van der Waals surface area contributed by atoms with Crippen molar-refractivity contribution in [2.24, 2.45) is 4.99 Å². The molecule has 0 aromatic carbocycles. The van der Waals surface area contributed by atoms with Crippen molar-refractivity contribution in [3.8, 4) is 6.19 Å². The molecule has 0 aromatic rings. The SMILES string of the molecule is CC(C=[N+]=[N-])=NC#N. The standard InChI is InChI=1S/C4H4N4/c1-4(2-8-6)7-3-5/h2H,1H3. The predicted octanol–water partition coefficient (Wildman–Crippen LogP) is 0.229. The molecular weight excluding hydrogens is 104 g/mol. The van der Waals surface area contributed by atoms with Gasteiger partial charge in [-0.2, -0.15) is 15.0 Å². The van der Waals surface area contributed by atoms with E-state index in [-0.39, 0.29) is 0 Å². The third-order valence-corrected chi connectivity index (χ3v) is 0.471. The maximum Gasteiger partial charge on any atom is 0.302 e. The first-order valence-electron chi connectivity index (χ1n) is 1.92. The summed E-state index contributed by atoms with van der Waals surface area (Å²) in [7, 11) is 0. The second-order valence-corrected chi connectivity index (χ2v) is 1.10. The van der Waals surface area contributed by atoms with Crippen LogP contribution in [0, 0.1) is 11.5 Å². The number of aliphatic imine (C=N–C) groups is 1. The van der Waals surface area contributed by atoms with Crippen LogP contribution >= 0.6 is 0 Å². The highest BCUT2D eigenvalue weighted by atomic mass is 14.8. The summed E-state index contributed by atoms with van der Waals surface area (Å²) in [5.41, 5.74) is 8.23. The van der Waals surface area contributed by atoms with Gasteiger partial charge in [-0.05, 0) is 6.92 Å². The number of hydrogen-bond donors (Lipinski definition) is 0. The average molecular weight is 108 g/mol. The van der Waals surface area contributed by atoms with Crippen molar-refractivity contribution in [2.75, 3.05) is 0 Å². The normalized spacial score (nSPS) is 9.25. The van der Waals surface area contributed by atoms with Crippen LogP contribution in [-0.2, 0) is 0 Å². The second kappa shape index (κ2) is 3.72. The van der Waals surface area contributed by atoms with E-state index in [4.69, 9.17) is 10.8 Å². The smallest absolute Gasteiger partial charge is 0.302 e. The topological polar surface area (TPSA) is 72.6 Å². The molecule has 0 atom stereocenters. The van der Waals surface area contributed by atoms with E-state index in [1.54, 1.807) is 6.92 Å². The van der Waals surface area contributed by atoms with Gasteiger partial charge in [-0.1, -0.05) is 0 Å². The number of nitrogens with zero attached hydrogens (tertiary/aromatic N) is 4. The van der Waals surface area contributed by atoms with Crippen LogP contribution in [-0.4, -0.2) is 16.7 Å². The Morgan fingerprint density at radius 3 is 3.00 bits per heavy atom. The molecule has 0 amide bonds. The maximum absolute atomic E-state index is 7.88. The lowest BCUT2D eigenvalue weighted by Crippen LogP contribution is -1.90. The summed E-state index contributed by atoms with van der Waals surface area (Å²) in [6, 6.07) is 0. The number of hydrogen-bond acceptors (Lipinski definition) is 2. The molecule has 0 aromatic heterocycles. The van der Waals surface area contributed by atoms with Gasteiger partial charge in [0.15, 0.2) is 0 Å². The lowest BCUT2D eigenvalue weighted by molar-refractivity contribution is 0.00655. The Labute approximate surface area is 46.7 Å². The molecule has 40 valence electrons. The van der Waals surface area contributed by atoms with Gasteiger partial charge in [0.25, 0.3) is 0 Å². The molecule has 4 heteroatoms. The van der Waals surface area contributed by atoms with Crippen LogP contribution in [0.15, 0.2) is 4.99 Å². The lowest BCUT2D eigenvalue weighted by atomic mass is 10.5. The van der Waals surface area contributed by atoms with E-state index < -0.39 is 0 Å². The summed E-state index contributed by atoms with van der Waals surface area (Å²) >= 11 is 0. The zero-order chi connectivity index (χ0) is 6.41. The summed E-state index contributed by atoms with van der Waals surface area (Å²) < 4.78 is 0. The molecule has 0 aliphatic rings. The fraction of sp³-hybridized carbons (Fsp3) is 0.250. The Bertz CT molecular complexity index is 179. The Hall–Kier alpha value is -1.46. The summed E-state index contributed by atoms with van der Waals surface area (Å²) in [6.07, 6.45) is 2.62. The van der Waals surface area contributed by atoms with Crippen LogP contribution in [0.25, 0.3) is 5.53 Å². The number of nitriles is 1. The van der Waals surface area contributed by atoms with Crippen molar-refractivity contribution in [1.29, 1.82) is 5.26 Å². The van der Waals surface area contributed by atoms with Crippen LogP contribution < -0.4 is 0 Å². The first kappa shape index (κ1) is 6.54.